The second-order valence-corrected chi connectivity index (χ2v) is 5.82. The number of hydrogen-bond acceptors (Lipinski definition) is 2. The number of halogens is 2. The van der Waals surface area contributed by atoms with Crippen molar-refractivity contribution in [1.29, 1.82) is 0 Å². The Balaban J connectivity index is 2.55. The lowest BCUT2D eigenvalue weighted by molar-refractivity contribution is 0.00457. The van der Waals surface area contributed by atoms with E-state index in [-0.39, 0.29) is 12.1 Å². The van der Waals surface area contributed by atoms with E-state index in [1.165, 1.54) is 0 Å². The molecule has 1 aliphatic heterocycles. The first-order valence-corrected chi connectivity index (χ1v) is 6.08. The molecular weight excluding hydrogens is 210 g/mol. The van der Waals surface area contributed by atoms with Gasteiger partial charge in [0.05, 0.1) is 6.54 Å². The van der Waals surface area contributed by atoms with Gasteiger partial charge in [0.15, 0.2) is 0 Å². The summed E-state index contributed by atoms with van der Waals surface area (Å²) in [6.07, 6.45) is -1.19. The van der Waals surface area contributed by atoms with Crippen molar-refractivity contribution in [3.05, 3.63) is 0 Å². The monoisotopic (exact) mass is 234 g/mol. The Kier molecular flexibility index (Phi) is 4.68. The minimum absolute atomic E-state index is 0.108. The normalized spacial score (nSPS) is 26.6. The molecule has 1 heterocycles. The highest BCUT2D eigenvalue weighted by Crippen LogP contribution is 2.22. The summed E-state index contributed by atoms with van der Waals surface area (Å²) in [7, 11) is 0. The highest BCUT2D eigenvalue weighted by molar-refractivity contribution is 4.93. The first kappa shape index (κ1) is 13.8. The minimum Gasteiger partial charge on any atom is -0.311 e. The molecule has 0 radical (unpaired) electrons. The fraction of sp³-hybridized carbons (Fsp3) is 1.00. The van der Waals surface area contributed by atoms with Gasteiger partial charge in [0, 0.05) is 24.7 Å². The van der Waals surface area contributed by atoms with Crippen molar-refractivity contribution < 1.29 is 8.78 Å². The third-order valence-electron chi connectivity index (χ3n) is 3.23. The molecule has 2 nitrogen and oxygen atoms in total. The van der Waals surface area contributed by atoms with Gasteiger partial charge in [-0.1, -0.05) is 13.8 Å². The van der Waals surface area contributed by atoms with E-state index in [1.807, 2.05) is 18.7 Å². The van der Waals surface area contributed by atoms with Crippen molar-refractivity contribution in [2.75, 3.05) is 19.6 Å². The number of piperazine rings is 1. The Morgan fingerprint density at radius 3 is 2.50 bits per heavy atom. The molecule has 1 fully saturated rings. The molecule has 1 N–H and O–H groups in total. The van der Waals surface area contributed by atoms with E-state index in [9.17, 15) is 8.78 Å². The molecule has 4 heteroatoms. The van der Waals surface area contributed by atoms with Crippen LogP contribution in [0, 0.1) is 5.92 Å². The van der Waals surface area contributed by atoms with E-state index in [1.54, 1.807) is 0 Å². The van der Waals surface area contributed by atoms with Gasteiger partial charge in [0.25, 0.3) is 6.43 Å². The second-order valence-electron chi connectivity index (χ2n) is 5.82. The third-order valence-corrected chi connectivity index (χ3v) is 3.23. The van der Waals surface area contributed by atoms with Crippen LogP contribution < -0.4 is 5.32 Å². The molecule has 1 unspecified atom stereocenters. The van der Waals surface area contributed by atoms with E-state index in [2.05, 4.69) is 19.2 Å². The van der Waals surface area contributed by atoms with Crippen LogP contribution >= 0.6 is 0 Å². The molecule has 1 saturated heterocycles. The van der Waals surface area contributed by atoms with Gasteiger partial charge < -0.3 is 5.32 Å². The highest BCUT2D eigenvalue weighted by Gasteiger charge is 2.35. The second kappa shape index (κ2) is 5.41. The zero-order valence-corrected chi connectivity index (χ0v) is 10.8. The Morgan fingerprint density at radius 1 is 1.38 bits per heavy atom. The van der Waals surface area contributed by atoms with Gasteiger partial charge in [-0.3, -0.25) is 4.90 Å². The lowest BCUT2D eigenvalue weighted by atomic mass is 9.94. The molecule has 1 atom stereocenters. The number of nitrogens with zero attached hydrogens (tertiary/aromatic N) is 1. The van der Waals surface area contributed by atoms with Gasteiger partial charge in [-0.15, -0.1) is 0 Å². The van der Waals surface area contributed by atoms with Crippen molar-refractivity contribution in [1.82, 2.24) is 10.2 Å². The van der Waals surface area contributed by atoms with Crippen LogP contribution in [0.4, 0.5) is 8.78 Å². The van der Waals surface area contributed by atoms with Gasteiger partial charge in [-0.25, -0.2) is 8.78 Å². The highest BCUT2D eigenvalue weighted by atomic mass is 19.3. The minimum atomic E-state index is -2.24. The summed E-state index contributed by atoms with van der Waals surface area (Å²) in [5.41, 5.74) is -0.163. The van der Waals surface area contributed by atoms with Crippen molar-refractivity contribution in [3.63, 3.8) is 0 Å². The van der Waals surface area contributed by atoms with E-state index >= 15 is 0 Å². The van der Waals surface area contributed by atoms with Gasteiger partial charge in [0.2, 0.25) is 0 Å². The first-order chi connectivity index (χ1) is 7.31. The van der Waals surface area contributed by atoms with Crippen LogP contribution in [0.2, 0.25) is 0 Å². The predicted molar refractivity (Wildman–Crippen MR) is 62.9 cm³/mol. The molecule has 1 rings (SSSR count). The zero-order valence-electron chi connectivity index (χ0n) is 10.8. The number of hydrogen-bond donors (Lipinski definition) is 1. The van der Waals surface area contributed by atoms with E-state index in [0.717, 1.165) is 19.5 Å². The maximum absolute atomic E-state index is 12.5. The summed E-state index contributed by atoms with van der Waals surface area (Å²) in [4.78, 5) is 1.92. The quantitative estimate of drug-likeness (QED) is 0.803. The fourth-order valence-corrected chi connectivity index (χ4v) is 2.30. The van der Waals surface area contributed by atoms with E-state index in [0.29, 0.717) is 12.0 Å². The molecule has 0 amide bonds. The maximum Gasteiger partial charge on any atom is 0.251 e. The maximum atomic E-state index is 12.5. The van der Waals surface area contributed by atoms with Crippen molar-refractivity contribution in [2.24, 2.45) is 5.92 Å². The van der Waals surface area contributed by atoms with Gasteiger partial charge in [-0.05, 0) is 26.2 Å². The number of nitrogens with one attached hydrogen (secondary N) is 1. The average molecular weight is 234 g/mol. The van der Waals surface area contributed by atoms with Crippen molar-refractivity contribution in [3.8, 4) is 0 Å². The van der Waals surface area contributed by atoms with Crippen molar-refractivity contribution in [2.45, 2.75) is 52.1 Å². The van der Waals surface area contributed by atoms with Crippen LogP contribution in [-0.2, 0) is 0 Å². The van der Waals surface area contributed by atoms with Crippen LogP contribution in [0.3, 0.4) is 0 Å². The molecule has 0 aromatic carbocycles. The molecule has 0 bridgehead atoms. The average Bonchev–Trinajstić information content (AvgIpc) is 2.09. The molecule has 0 aliphatic carbocycles. The molecule has 0 spiro atoms. The molecule has 0 saturated carbocycles. The summed E-state index contributed by atoms with van der Waals surface area (Å²) in [5, 5.41) is 3.46. The Labute approximate surface area is 97.4 Å². The standard InChI is InChI=1S/C12H24F2N2/c1-9(2)5-10-6-16(7-11(13)14)12(3,4)8-15-10/h9-11,15H,5-8H2,1-4H3. The number of alkyl halides is 2. The first-order valence-electron chi connectivity index (χ1n) is 6.08. The van der Waals surface area contributed by atoms with Crippen molar-refractivity contribution >= 4 is 0 Å². The molecule has 0 aromatic rings. The summed E-state index contributed by atoms with van der Waals surface area (Å²) in [6, 6.07) is 0.353. The van der Waals surface area contributed by atoms with Crippen LogP contribution in [0.5, 0.6) is 0 Å². The van der Waals surface area contributed by atoms with Crippen LogP contribution in [0.1, 0.15) is 34.1 Å². The Bertz CT molecular complexity index is 217. The molecule has 96 valence electrons. The molecule has 16 heavy (non-hydrogen) atoms. The van der Waals surface area contributed by atoms with Crippen LogP contribution in [-0.4, -0.2) is 42.5 Å². The molecule has 1 aliphatic rings. The van der Waals surface area contributed by atoms with Gasteiger partial charge in [0.1, 0.15) is 0 Å². The lowest BCUT2D eigenvalue weighted by Gasteiger charge is -2.46. The summed E-state index contributed by atoms with van der Waals surface area (Å²) in [5.74, 6) is 0.604. The summed E-state index contributed by atoms with van der Waals surface area (Å²) < 4.78 is 25.0. The number of rotatable bonds is 4. The Hall–Kier alpha value is -0.220. The molecular formula is C12H24F2N2. The SMILES string of the molecule is CC(C)CC1CN(CC(F)F)C(C)(C)CN1. The summed E-state index contributed by atoms with van der Waals surface area (Å²) in [6.45, 7) is 9.79. The van der Waals surface area contributed by atoms with Gasteiger partial charge >= 0.3 is 0 Å². The third kappa shape index (κ3) is 3.98. The predicted octanol–water partition coefficient (Wildman–Crippen LogP) is 2.35. The Morgan fingerprint density at radius 2 is 2.00 bits per heavy atom. The van der Waals surface area contributed by atoms with Gasteiger partial charge in [-0.2, -0.15) is 0 Å². The van der Waals surface area contributed by atoms with E-state index in [4.69, 9.17) is 0 Å². The van der Waals surface area contributed by atoms with Crippen LogP contribution in [0.25, 0.3) is 0 Å². The molecule has 0 aromatic heterocycles. The van der Waals surface area contributed by atoms with Crippen LogP contribution in [0.15, 0.2) is 0 Å². The summed E-state index contributed by atoms with van der Waals surface area (Å²) >= 11 is 0. The smallest absolute Gasteiger partial charge is 0.251 e. The zero-order chi connectivity index (χ0) is 12.3. The topological polar surface area (TPSA) is 15.3 Å². The lowest BCUT2D eigenvalue weighted by Crippen LogP contribution is -2.62. The van der Waals surface area contributed by atoms with E-state index < -0.39 is 6.43 Å². The largest absolute Gasteiger partial charge is 0.311 e. The fourth-order valence-electron chi connectivity index (χ4n) is 2.30.